The number of carbonyl (C=O) groups excluding carboxylic acids is 2. The van der Waals surface area contributed by atoms with Gasteiger partial charge in [-0.15, -0.1) is 0 Å². The van der Waals surface area contributed by atoms with Gasteiger partial charge in [0.25, 0.3) is 16.8 Å². The number of carbonyl (C=O) groups is 2. The molecule has 0 bridgehead atoms. The molecule has 2 aromatic carbocycles. The van der Waals surface area contributed by atoms with Gasteiger partial charge in [-0.05, 0) is 24.3 Å². The van der Waals surface area contributed by atoms with Crippen LogP contribution in [0.2, 0.25) is 5.02 Å². The monoisotopic (exact) mass is 421 g/mol. The number of esters is 1. The van der Waals surface area contributed by atoms with E-state index in [4.69, 9.17) is 20.8 Å². The second kappa shape index (κ2) is 8.72. The van der Waals surface area contributed by atoms with Gasteiger partial charge < -0.3 is 14.5 Å². The van der Waals surface area contributed by atoms with E-state index in [2.05, 4.69) is 10.3 Å². The lowest BCUT2D eigenvalue weighted by Gasteiger charge is -2.07. The second-order valence-electron chi connectivity index (χ2n) is 5.36. The van der Waals surface area contributed by atoms with Gasteiger partial charge in [-0.2, -0.15) is 0 Å². The summed E-state index contributed by atoms with van der Waals surface area (Å²) in [6.07, 6.45) is 0. The molecule has 9 nitrogen and oxygen atoms in total. The van der Waals surface area contributed by atoms with Gasteiger partial charge in [-0.1, -0.05) is 35.5 Å². The summed E-state index contributed by atoms with van der Waals surface area (Å²) in [7, 11) is 0. The first kappa shape index (κ1) is 19.6. The van der Waals surface area contributed by atoms with Gasteiger partial charge in [0.1, 0.15) is 17.0 Å². The highest BCUT2D eigenvalue weighted by Gasteiger charge is 2.17. The SMILES string of the molecule is O=C(COC(=O)CSc1nc2ccccc2o1)Nc1cc(Cl)ccc1[N+](=O)[O-]. The van der Waals surface area contributed by atoms with Crippen molar-refractivity contribution in [1.29, 1.82) is 0 Å². The van der Waals surface area contributed by atoms with Crippen molar-refractivity contribution in [2.45, 2.75) is 5.22 Å². The van der Waals surface area contributed by atoms with Crippen molar-refractivity contribution < 1.29 is 23.7 Å². The van der Waals surface area contributed by atoms with Crippen molar-refractivity contribution in [3.05, 3.63) is 57.6 Å². The zero-order chi connectivity index (χ0) is 20.1. The van der Waals surface area contributed by atoms with Crippen LogP contribution >= 0.6 is 23.4 Å². The number of nitrogens with one attached hydrogen (secondary N) is 1. The maximum Gasteiger partial charge on any atom is 0.316 e. The minimum Gasteiger partial charge on any atom is -0.455 e. The van der Waals surface area contributed by atoms with Gasteiger partial charge >= 0.3 is 5.97 Å². The number of aromatic nitrogens is 1. The predicted molar refractivity (Wildman–Crippen MR) is 102 cm³/mol. The number of hydrogen-bond donors (Lipinski definition) is 1. The van der Waals surface area contributed by atoms with Crippen LogP contribution in [0.15, 0.2) is 52.1 Å². The second-order valence-corrected chi connectivity index (χ2v) is 6.73. The maximum atomic E-state index is 11.9. The number of halogens is 1. The van der Waals surface area contributed by atoms with Crippen molar-refractivity contribution in [3.63, 3.8) is 0 Å². The Morgan fingerprint density at radius 1 is 1.29 bits per heavy atom. The number of thioether (sulfide) groups is 1. The van der Waals surface area contributed by atoms with E-state index in [0.29, 0.717) is 16.3 Å². The summed E-state index contributed by atoms with van der Waals surface area (Å²) in [6, 6.07) is 10.9. The summed E-state index contributed by atoms with van der Waals surface area (Å²) < 4.78 is 10.3. The largest absolute Gasteiger partial charge is 0.455 e. The van der Waals surface area contributed by atoms with Gasteiger partial charge in [0.2, 0.25) is 0 Å². The van der Waals surface area contributed by atoms with Crippen molar-refractivity contribution in [1.82, 2.24) is 4.98 Å². The molecule has 0 aliphatic carbocycles. The lowest BCUT2D eigenvalue weighted by molar-refractivity contribution is -0.383. The van der Waals surface area contributed by atoms with Gasteiger partial charge in [-0.3, -0.25) is 19.7 Å². The molecule has 0 aliphatic rings. The molecule has 28 heavy (non-hydrogen) atoms. The average Bonchev–Trinajstić information content (AvgIpc) is 3.07. The van der Waals surface area contributed by atoms with E-state index >= 15 is 0 Å². The number of amides is 1. The van der Waals surface area contributed by atoms with E-state index in [0.717, 1.165) is 11.8 Å². The van der Waals surface area contributed by atoms with Crippen LogP contribution in [0.25, 0.3) is 11.1 Å². The molecule has 1 aromatic heterocycles. The van der Waals surface area contributed by atoms with Crippen molar-refractivity contribution in [2.75, 3.05) is 17.7 Å². The Hall–Kier alpha value is -3.11. The molecule has 1 amide bonds. The van der Waals surface area contributed by atoms with E-state index < -0.39 is 23.4 Å². The Morgan fingerprint density at radius 3 is 2.82 bits per heavy atom. The zero-order valence-electron chi connectivity index (χ0n) is 14.1. The number of rotatable bonds is 7. The Bertz CT molecular complexity index is 1020. The Kier molecular flexibility index (Phi) is 6.12. The lowest BCUT2D eigenvalue weighted by Crippen LogP contribution is -2.22. The average molecular weight is 422 g/mol. The van der Waals surface area contributed by atoms with Crippen LogP contribution in [-0.2, 0) is 14.3 Å². The summed E-state index contributed by atoms with van der Waals surface area (Å²) in [5.41, 5.74) is 0.858. The summed E-state index contributed by atoms with van der Waals surface area (Å²) in [6.45, 7) is -0.601. The number of nitrogens with zero attached hydrogens (tertiary/aromatic N) is 2. The number of ether oxygens (including phenoxy) is 1. The van der Waals surface area contributed by atoms with Crippen LogP contribution in [0.3, 0.4) is 0 Å². The third kappa shape index (κ3) is 4.99. The maximum absolute atomic E-state index is 11.9. The minimum atomic E-state index is -0.731. The van der Waals surface area contributed by atoms with Gasteiger partial charge in [0.15, 0.2) is 12.2 Å². The highest BCUT2D eigenvalue weighted by molar-refractivity contribution is 7.99. The smallest absolute Gasteiger partial charge is 0.316 e. The third-order valence-corrected chi connectivity index (χ3v) is 4.42. The summed E-state index contributed by atoms with van der Waals surface area (Å²) >= 11 is 6.81. The molecule has 0 atom stereocenters. The number of fused-ring (bicyclic) bond motifs is 1. The van der Waals surface area contributed by atoms with Crippen LogP contribution in [0.5, 0.6) is 0 Å². The number of anilines is 1. The van der Waals surface area contributed by atoms with Crippen molar-refractivity contribution in [2.24, 2.45) is 0 Å². The van der Waals surface area contributed by atoms with Crippen LogP contribution in [-0.4, -0.2) is 34.1 Å². The third-order valence-electron chi connectivity index (χ3n) is 3.38. The van der Waals surface area contributed by atoms with Gasteiger partial charge in [0, 0.05) is 11.1 Å². The van der Waals surface area contributed by atoms with E-state index in [1.165, 1.54) is 18.2 Å². The molecule has 3 rings (SSSR count). The topological polar surface area (TPSA) is 125 Å². The molecule has 144 valence electrons. The highest BCUT2D eigenvalue weighted by atomic mass is 35.5. The molecule has 0 fully saturated rings. The van der Waals surface area contributed by atoms with Crippen LogP contribution < -0.4 is 5.32 Å². The quantitative estimate of drug-likeness (QED) is 0.265. The number of para-hydroxylation sites is 2. The number of hydrogen-bond acceptors (Lipinski definition) is 8. The molecule has 0 spiro atoms. The fraction of sp³-hybridized carbons (Fsp3) is 0.118. The molecular weight excluding hydrogens is 410 g/mol. The van der Waals surface area contributed by atoms with Crippen molar-refractivity contribution >= 4 is 57.7 Å². The molecule has 1 heterocycles. The summed E-state index contributed by atoms with van der Waals surface area (Å²) in [5.74, 6) is -1.51. The molecule has 1 N–H and O–H groups in total. The summed E-state index contributed by atoms with van der Waals surface area (Å²) in [4.78, 5) is 38.2. The molecule has 0 saturated heterocycles. The standard InChI is InChI=1S/C17H12ClN3O6S/c18-10-5-6-13(21(24)25)12(7-10)19-15(22)8-26-16(23)9-28-17-20-11-3-1-2-4-14(11)27-17/h1-7H,8-9H2,(H,19,22). The number of nitro benzene ring substituents is 1. The van der Waals surface area contributed by atoms with Crippen LogP contribution in [0.4, 0.5) is 11.4 Å². The molecular formula is C17H12ClN3O6S. The molecule has 0 saturated carbocycles. The van der Waals surface area contributed by atoms with Gasteiger partial charge in [-0.25, -0.2) is 4.98 Å². The first-order valence-electron chi connectivity index (χ1n) is 7.80. The molecule has 3 aromatic rings. The van der Waals surface area contributed by atoms with E-state index in [-0.39, 0.29) is 22.2 Å². The first-order valence-corrected chi connectivity index (χ1v) is 9.16. The number of nitro groups is 1. The minimum absolute atomic E-state index is 0.0839. The molecule has 0 aliphatic heterocycles. The van der Waals surface area contributed by atoms with Crippen LogP contribution in [0.1, 0.15) is 0 Å². The van der Waals surface area contributed by atoms with E-state index in [1.54, 1.807) is 18.2 Å². The summed E-state index contributed by atoms with van der Waals surface area (Å²) in [5, 5.41) is 13.8. The van der Waals surface area contributed by atoms with E-state index in [9.17, 15) is 19.7 Å². The first-order chi connectivity index (χ1) is 13.4. The number of benzene rings is 2. The Labute approximate surface area is 167 Å². The zero-order valence-corrected chi connectivity index (χ0v) is 15.7. The fourth-order valence-electron chi connectivity index (χ4n) is 2.18. The normalized spacial score (nSPS) is 10.6. The Morgan fingerprint density at radius 2 is 2.07 bits per heavy atom. The number of oxazole rings is 1. The predicted octanol–water partition coefficient (Wildman–Crippen LogP) is 3.66. The fourth-order valence-corrected chi connectivity index (χ4v) is 2.98. The van der Waals surface area contributed by atoms with Crippen LogP contribution in [0, 0.1) is 10.1 Å². The highest BCUT2D eigenvalue weighted by Crippen LogP contribution is 2.27. The molecule has 0 unspecified atom stereocenters. The van der Waals surface area contributed by atoms with Gasteiger partial charge in [0.05, 0.1) is 4.92 Å². The molecule has 11 heteroatoms. The Balaban J connectivity index is 1.50. The van der Waals surface area contributed by atoms with E-state index in [1.807, 2.05) is 6.07 Å². The lowest BCUT2D eigenvalue weighted by atomic mass is 10.2. The molecule has 0 radical (unpaired) electrons. The van der Waals surface area contributed by atoms with Crippen molar-refractivity contribution in [3.8, 4) is 0 Å².